The van der Waals surface area contributed by atoms with E-state index in [-0.39, 0.29) is 5.78 Å². The lowest BCUT2D eigenvalue weighted by Gasteiger charge is -2.12. The van der Waals surface area contributed by atoms with Crippen molar-refractivity contribution in [1.29, 1.82) is 0 Å². The largest absolute Gasteiger partial charge is 0.366 e. The van der Waals surface area contributed by atoms with Crippen LogP contribution in [0.25, 0.3) is 11.3 Å². The van der Waals surface area contributed by atoms with Gasteiger partial charge in [-0.2, -0.15) is 0 Å². The molecule has 3 rings (SSSR count). The predicted molar refractivity (Wildman–Crippen MR) is 76.8 cm³/mol. The second-order valence-corrected chi connectivity index (χ2v) is 5.20. The fraction of sp³-hybridized carbons (Fsp3) is 0.250. The van der Waals surface area contributed by atoms with Gasteiger partial charge in [-0.3, -0.25) is 9.59 Å². The highest BCUT2D eigenvalue weighted by Gasteiger charge is 2.25. The molecule has 0 atom stereocenters. The zero-order valence-corrected chi connectivity index (χ0v) is 11.3. The van der Waals surface area contributed by atoms with Gasteiger partial charge in [-0.15, -0.1) is 0 Å². The van der Waals surface area contributed by atoms with Crippen molar-refractivity contribution >= 4 is 11.7 Å². The van der Waals surface area contributed by atoms with Gasteiger partial charge in [-0.25, -0.2) is 0 Å². The summed E-state index contributed by atoms with van der Waals surface area (Å²) in [6, 6.07) is 7.20. The van der Waals surface area contributed by atoms with E-state index < -0.39 is 5.91 Å². The van der Waals surface area contributed by atoms with Crippen molar-refractivity contribution in [2.75, 3.05) is 0 Å². The predicted octanol–water partition coefficient (Wildman–Crippen LogP) is 2.61. The molecule has 0 fully saturated rings. The smallest absolute Gasteiger partial charge is 0.248 e. The number of amides is 1. The van der Waals surface area contributed by atoms with Gasteiger partial charge in [0, 0.05) is 28.9 Å². The molecule has 0 spiro atoms. The van der Waals surface area contributed by atoms with Gasteiger partial charge in [-0.1, -0.05) is 12.1 Å². The van der Waals surface area contributed by atoms with E-state index in [9.17, 15) is 9.59 Å². The Labute approximate surface area is 117 Å². The van der Waals surface area contributed by atoms with E-state index in [1.54, 1.807) is 12.1 Å². The first kappa shape index (κ1) is 12.7. The summed E-state index contributed by atoms with van der Waals surface area (Å²) < 4.78 is 0. The molecule has 0 radical (unpaired) electrons. The minimum atomic E-state index is -0.444. The van der Waals surface area contributed by atoms with Crippen LogP contribution in [0.1, 0.15) is 44.8 Å². The van der Waals surface area contributed by atoms with Crippen LogP contribution in [0, 0.1) is 6.92 Å². The average molecular weight is 268 g/mol. The van der Waals surface area contributed by atoms with Crippen LogP contribution < -0.4 is 5.73 Å². The molecular weight excluding hydrogens is 252 g/mol. The molecular formula is C16H16N2O2. The minimum Gasteiger partial charge on any atom is -0.366 e. The van der Waals surface area contributed by atoms with Crippen LogP contribution >= 0.6 is 0 Å². The average Bonchev–Trinajstić information content (AvgIpc) is 2.78. The van der Waals surface area contributed by atoms with Gasteiger partial charge < -0.3 is 10.7 Å². The van der Waals surface area contributed by atoms with E-state index >= 15 is 0 Å². The Balaban J connectivity index is 2.16. The summed E-state index contributed by atoms with van der Waals surface area (Å²) >= 11 is 0. The molecule has 1 aliphatic rings. The fourth-order valence-corrected chi connectivity index (χ4v) is 2.93. The number of hydrogen-bond acceptors (Lipinski definition) is 2. The second-order valence-electron chi connectivity index (χ2n) is 5.20. The molecule has 0 unspecified atom stereocenters. The number of rotatable bonds is 2. The number of aromatic amines is 1. The number of carbonyl (C=O) groups is 2. The molecule has 1 heterocycles. The highest BCUT2D eigenvalue weighted by atomic mass is 16.1. The van der Waals surface area contributed by atoms with Crippen molar-refractivity contribution in [2.24, 2.45) is 5.73 Å². The van der Waals surface area contributed by atoms with E-state index in [0.717, 1.165) is 40.9 Å². The number of primary amides is 1. The first-order valence-corrected chi connectivity index (χ1v) is 6.73. The third-order valence-corrected chi connectivity index (χ3v) is 3.84. The summed E-state index contributed by atoms with van der Waals surface area (Å²) in [5.74, 6) is -0.239. The van der Waals surface area contributed by atoms with Gasteiger partial charge in [-0.05, 0) is 43.0 Å². The van der Waals surface area contributed by atoms with Crippen molar-refractivity contribution in [3.05, 3.63) is 46.6 Å². The Hall–Kier alpha value is -2.36. The van der Waals surface area contributed by atoms with Crippen LogP contribution in [0.2, 0.25) is 0 Å². The lowest BCUT2D eigenvalue weighted by molar-refractivity contribution is 0.0970. The molecule has 1 aromatic carbocycles. The van der Waals surface area contributed by atoms with Crippen molar-refractivity contribution in [3.8, 4) is 11.3 Å². The molecule has 4 nitrogen and oxygen atoms in total. The van der Waals surface area contributed by atoms with Gasteiger partial charge in [0.1, 0.15) is 0 Å². The van der Waals surface area contributed by atoms with Gasteiger partial charge >= 0.3 is 0 Å². The summed E-state index contributed by atoms with van der Waals surface area (Å²) in [5, 5.41) is 0. The second kappa shape index (κ2) is 4.63. The molecule has 1 aliphatic carbocycles. The number of nitrogens with one attached hydrogen (secondary N) is 1. The molecule has 3 N–H and O–H groups in total. The number of Topliss-reactive ketones (excluding diaryl/α,β-unsaturated/α-hetero) is 1. The van der Waals surface area contributed by atoms with E-state index in [4.69, 9.17) is 5.73 Å². The lowest BCUT2D eigenvalue weighted by atomic mass is 9.89. The number of benzene rings is 1. The first-order valence-electron chi connectivity index (χ1n) is 6.73. The number of carbonyl (C=O) groups excluding carboxylic acids is 2. The Morgan fingerprint density at radius 1 is 1.30 bits per heavy atom. The third-order valence-electron chi connectivity index (χ3n) is 3.84. The topological polar surface area (TPSA) is 76.0 Å². The number of H-pyrrole nitrogens is 1. The maximum atomic E-state index is 12.0. The molecule has 102 valence electrons. The summed E-state index contributed by atoms with van der Waals surface area (Å²) in [4.78, 5) is 26.6. The Kier molecular flexibility index (Phi) is 2.93. The van der Waals surface area contributed by atoms with Crippen LogP contribution in [0.5, 0.6) is 0 Å². The Morgan fingerprint density at radius 2 is 2.10 bits per heavy atom. The molecule has 20 heavy (non-hydrogen) atoms. The van der Waals surface area contributed by atoms with Crippen LogP contribution in [-0.4, -0.2) is 16.7 Å². The molecule has 0 aliphatic heterocycles. The standard InChI is InChI=1S/C16H16N2O2/c1-9-14-12(6-3-7-13(14)19)15(18-9)10-4-2-5-11(8-10)16(17)20/h2,4-5,8,18H,3,6-7H2,1H3,(H2,17,20). The maximum Gasteiger partial charge on any atom is 0.248 e. The van der Waals surface area contributed by atoms with Crippen LogP contribution in [0.3, 0.4) is 0 Å². The summed E-state index contributed by atoms with van der Waals surface area (Å²) in [6.45, 7) is 1.92. The molecule has 0 bridgehead atoms. The molecule has 0 saturated heterocycles. The third kappa shape index (κ3) is 1.93. The molecule has 1 aromatic heterocycles. The SMILES string of the molecule is Cc1[nH]c(-c2cccc(C(N)=O)c2)c2c1C(=O)CCC2. The zero-order valence-electron chi connectivity index (χ0n) is 11.3. The lowest BCUT2D eigenvalue weighted by Crippen LogP contribution is -2.11. The number of ketones is 1. The fourth-order valence-electron chi connectivity index (χ4n) is 2.93. The Bertz CT molecular complexity index is 713. The number of aryl methyl sites for hydroxylation is 1. The van der Waals surface area contributed by atoms with Crippen LogP contribution in [0.15, 0.2) is 24.3 Å². The molecule has 0 saturated carbocycles. The molecule has 4 heteroatoms. The highest BCUT2D eigenvalue weighted by molar-refractivity contribution is 6.02. The van der Waals surface area contributed by atoms with Gasteiger partial charge in [0.2, 0.25) is 5.91 Å². The summed E-state index contributed by atoms with van der Waals surface area (Å²) in [5.41, 5.74) is 10.4. The van der Waals surface area contributed by atoms with E-state index in [1.165, 1.54) is 0 Å². The highest BCUT2D eigenvalue weighted by Crippen LogP contribution is 2.33. The summed E-state index contributed by atoms with van der Waals surface area (Å²) in [7, 11) is 0. The number of nitrogens with two attached hydrogens (primary N) is 1. The molecule has 1 amide bonds. The monoisotopic (exact) mass is 268 g/mol. The van der Waals surface area contributed by atoms with Crippen molar-refractivity contribution in [3.63, 3.8) is 0 Å². The van der Waals surface area contributed by atoms with Crippen molar-refractivity contribution < 1.29 is 9.59 Å². The van der Waals surface area contributed by atoms with Gasteiger partial charge in [0.25, 0.3) is 0 Å². The van der Waals surface area contributed by atoms with Crippen molar-refractivity contribution in [1.82, 2.24) is 4.98 Å². The molecule has 2 aromatic rings. The minimum absolute atomic E-state index is 0.206. The number of fused-ring (bicyclic) bond motifs is 1. The van der Waals surface area contributed by atoms with Gasteiger partial charge in [0.05, 0.1) is 0 Å². The van der Waals surface area contributed by atoms with Gasteiger partial charge in [0.15, 0.2) is 5.78 Å². The van der Waals surface area contributed by atoms with Crippen molar-refractivity contribution in [2.45, 2.75) is 26.2 Å². The zero-order chi connectivity index (χ0) is 14.3. The summed E-state index contributed by atoms with van der Waals surface area (Å²) in [6.07, 6.45) is 2.39. The maximum absolute atomic E-state index is 12.0. The normalized spacial score (nSPS) is 14.2. The Morgan fingerprint density at radius 3 is 2.85 bits per heavy atom. The number of aromatic nitrogens is 1. The number of hydrogen-bond donors (Lipinski definition) is 2. The van der Waals surface area contributed by atoms with E-state index in [2.05, 4.69) is 4.98 Å². The van der Waals surface area contributed by atoms with E-state index in [0.29, 0.717) is 12.0 Å². The quantitative estimate of drug-likeness (QED) is 0.878. The van der Waals surface area contributed by atoms with Crippen LogP contribution in [0.4, 0.5) is 0 Å². The van der Waals surface area contributed by atoms with Crippen LogP contribution in [-0.2, 0) is 6.42 Å². The van der Waals surface area contributed by atoms with E-state index in [1.807, 2.05) is 19.1 Å². The first-order chi connectivity index (χ1) is 9.58.